The van der Waals surface area contributed by atoms with Crippen molar-refractivity contribution in [1.82, 2.24) is 4.90 Å². The van der Waals surface area contributed by atoms with Crippen molar-refractivity contribution < 1.29 is 9.90 Å². The van der Waals surface area contributed by atoms with Gasteiger partial charge in [0.25, 0.3) is 0 Å². The first kappa shape index (κ1) is 14.0. The molecule has 0 amide bonds. The van der Waals surface area contributed by atoms with Crippen molar-refractivity contribution in [3.63, 3.8) is 0 Å². The lowest BCUT2D eigenvalue weighted by Gasteiger charge is -2.30. The highest BCUT2D eigenvalue weighted by atomic mass is 16.4. The van der Waals surface area contributed by atoms with Crippen molar-refractivity contribution in [1.29, 1.82) is 0 Å². The van der Waals surface area contributed by atoms with Crippen LogP contribution in [0.2, 0.25) is 0 Å². The molecule has 0 saturated carbocycles. The van der Waals surface area contributed by atoms with Gasteiger partial charge in [-0.2, -0.15) is 0 Å². The standard InChI is InChI=1S/C12H21NO2/c1-10(2)13(11(3)4)9-7-5-6-8-12(14)15/h10-11H,5,7,9H2,1-4H3,(H,14,15). The lowest BCUT2D eigenvalue weighted by molar-refractivity contribution is -0.130. The van der Waals surface area contributed by atoms with E-state index < -0.39 is 5.97 Å². The number of nitrogens with zero attached hydrogens (tertiary/aromatic N) is 1. The Morgan fingerprint density at radius 3 is 2.20 bits per heavy atom. The first-order valence-electron chi connectivity index (χ1n) is 5.42. The molecule has 0 aliphatic rings. The molecule has 3 heteroatoms. The van der Waals surface area contributed by atoms with Crippen molar-refractivity contribution >= 4 is 5.97 Å². The summed E-state index contributed by atoms with van der Waals surface area (Å²) in [5.41, 5.74) is 0. The largest absolute Gasteiger partial charge is 0.472 e. The maximum atomic E-state index is 10.1. The Kier molecular flexibility index (Phi) is 6.81. The maximum Gasteiger partial charge on any atom is 0.381 e. The van der Waals surface area contributed by atoms with Gasteiger partial charge in [-0.15, -0.1) is 0 Å². The van der Waals surface area contributed by atoms with E-state index in [1.54, 1.807) is 0 Å². The van der Waals surface area contributed by atoms with E-state index >= 15 is 0 Å². The van der Waals surface area contributed by atoms with Crippen LogP contribution in [0.3, 0.4) is 0 Å². The minimum absolute atomic E-state index is 0.525. The van der Waals surface area contributed by atoms with Crippen LogP contribution < -0.4 is 0 Å². The zero-order valence-electron chi connectivity index (χ0n) is 10.1. The van der Waals surface area contributed by atoms with Gasteiger partial charge in [0.1, 0.15) is 0 Å². The Hall–Kier alpha value is -1.01. The Bertz CT molecular complexity index is 240. The Morgan fingerprint density at radius 2 is 1.80 bits per heavy atom. The third kappa shape index (κ3) is 6.98. The molecule has 0 rings (SSSR count). The minimum Gasteiger partial charge on any atom is -0.472 e. The lowest BCUT2D eigenvalue weighted by atomic mass is 10.2. The molecular formula is C12H21NO2. The molecule has 0 spiro atoms. The van der Waals surface area contributed by atoms with E-state index in [0.29, 0.717) is 18.5 Å². The predicted octanol–water partition coefficient (Wildman–Crippen LogP) is 1.97. The van der Waals surface area contributed by atoms with E-state index in [1.165, 1.54) is 0 Å². The van der Waals surface area contributed by atoms with E-state index in [2.05, 4.69) is 44.4 Å². The molecule has 1 N–H and O–H groups in total. The van der Waals surface area contributed by atoms with Gasteiger partial charge >= 0.3 is 5.97 Å². The summed E-state index contributed by atoms with van der Waals surface area (Å²) in [6.07, 6.45) is 1.58. The van der Waals surface area contributed by atoms with E-state index in [9.17, 15) is 4.79 Å². The highest BCUT2D eigenvalue weighted by Crippen LogP contribution is 2.06. The SMILES string of the molecule is CC(C)N(CCCC#CC(=O)O)C(C)C. The van der Waals surface area contributed by atoms with Crippen LogP contribution >= 0.6 is 0 Å². The van der Waals surface area contributed by atoms with Gasteiger partial charge in [-0.25, -0.2) is 4.79 Å². The molecule has 15 heavy (non-hydrogen) atoms. The number of unbranched alkanes of at least 4 members (excludes halogenated alkanes) is 1. The first-order chi connectivity index (χ1) is 6.95. The fraction of sp³-hybridized carbons (Fsp3) is 0.750. The summed E-state index contributed by atoms with van der Waals surface area (Å²) in [6.45, 7) is 9.65. The quantitative estimate of drug-likeness (QED) is 0.558. The van der Waals surface area contributed by atoms with E-state index in [1.807, 2.05) is 0 Å². The fourth-order valence-electron chi connectivity index (χ4n) is 1.60. The second kappa shape index (κ2) is 7.30. The summed E-state index contributed by atoms with van der Waals surface area (Å²) >= 11 is 0. The van der Waals surface area contributed by atoms with Crippen LogP contribution in [0, 0.1) is 11.8 Å². The summed E-state index contributed by atoms with van der Waals surface area (Å²) in [6, 6.07) is 1.05. The molecule has 0 bridgehead atoms. The molecule has 0 unspecified atom stereocenters. The summed E-state index contributed by atoms with van der Waals surface area (Å²) in [7, 11) is 0. The molecule has 0 saturated heterocycles. The van der Waals surface area contributed by atoms with Gasteiger partial charge < -0.3 is 5.11 Å². The Labute approximate surface area is 92.5 Å². The molecule has 0 aliphatic heterocycles. The van der Waals surface area contributed by atoms with Crippen molar-refractivity contribution in [2.24, 2.45) is 0 Å². The zero-order valence-corrected chi connectivity index (χ0v) is 10.1. The molecule has 0 heterocycles. The number of carboxylic acid groups (broad SMARTS) is 1. The van der Waals surface area contributed by atoms with E-state index in [0.717, 1.165) is 13.0 Å². The highest BCUT2D eigenvalue weighted by Gasteiger charge is 2.11. The van der Waals surface area contributed by atoms with Crippen molar-refractivity contribution in [3.05, 3.63) is 0 Å². The molecule has 0 aromatic carbocycles. The first-order valence-corrected chi connectivity index (χ1v) is 5.42. The molecule has 0 aromatic rings. The lowest BCUT2D eigenvalue weighted by Crippen LogP contribution is -2.37. The smallest absolute Gasteiger partial charge is 0.381 e. The average molecular weight is 211 g/mol. The summed E-state index contributed by atoms with van der Waals surface area (Å²) in [5, 5.41) is 8.31. The number of hydrogen-bond donors (Lipinski definition) is 1. The van der Waals surface area contributed by atoms with Crippen LogP contribution in [0.4, 0.5) is 0 Å². The number of hydrogen-bond acceptors (Lipinski definition) is 2. The maximum absolute atomic E-state index is 10.1. The molecule has 0 atom stereocenters. The molecule has 0 radical (unpaired) electrons. The molecule has 0 aliphatic carbocycles. The third-order valence-electron chi connectivity index (χ3n) is 2.24. The van der Waals surface area contributed by atoms with Crippen LogP contribution in [0.25, 0.3) is 0 Å². The molecule has 0 aromatic heterocycles. The highest BCUT2D eigenvalue weighted by molar-refractivity contribution is 5.86. The van der Waals surface area contributed by atoms with Crippen LogP contribution in [-0.2, 0) is 4.79 Å². The number of carbonyl (C=O) groups is 1. The van der Waals surface area contributed by atoms with Gasteiger partial charge in [0.15, 0.2) is 0 Å². The Balaban J connectivity index is 3.84. The Morgan fingerprint density at radius 1 is 1.27 bits per heavy atom. The van der Waals surface area contributed by atoms with Crippen molar-refractivity contribution in [2.45, 2.75) is 52.6 Å². The molecule has 86 valence electrons. The van der Waals surface area contributed by atoms with Crippen LogP contribution in [0.1, 0.15) is 40.5 Å². The molecule has 0 fully saturated rings. The van der Waals surface area contributed by atoms with Gasteiger partial charge in [0.05, 0.1) is 0 Å². The van der Waals surface area contributed by atoms with Crippen LogP contribution in [0.5, 0.6) is 0 Å². The second-order valence-electron chi connectivity index (χ2n) is 4.14. The van der Waals surface area contributed by atoms with Gasteiger partial charge in [-0.1, -0.05) is 5.92 Å². The van der Waals surface area contributed by atoms with Crippen LogP contribution in [-0.4, -0.2) is 34.6 Å². The summed E-state index contributed by atoms with van der Waals surface area (Å²) in [5.74, 6) is 3.73. The normalized spacial score (nSPS) is 10.6. The topological polar surface area (TPSA) is 40.5 Å². The van der Waals surface area contributed by atoms with Gasteiger partial charge in [0, 0.05) is 24.4 Å². The summed E-state index contributed by atoms with van der Waals surface area (Å²) in [4.78, 5) is 12.5. The van der Waals surface area contributed by atoms with E-state index in [-0.39, 0.29) is 0 Å². The monoisotopic (exact) mass is 211 g/mol. The van der Waals surface area contributed by atoms with Gasteiger partial charge in [0.2, 0.25) is 0 Å². The van der Waals surface area contributed by atoms with Crippen molar-refractivity contribution in [2.75, 3.05) is 6.54 Å². The number of aliphatic carboxylic acids is 1. The molecule has 3 nitrogen and oxygen atoms in total. The minimum atomic E-state index is -1.04. The molecular weight excluding hydrogens is 190 g/mol. The average Bonchev–Trinajstić information content (AvgIpc) is 2.08. The predicted molar refractivity (Wildman–Crippen MR) is 61.6 cm³/mol. The second-order valence-corrected chi connectivity index (χ2v) is 4.14. The number of rotatable bonds is 5. The third-order valence-corrected chi connectivity index (χ3v) is 2.24. The van der Waals surface area contributed by atoms with Gasteiger partial charge in [-0.3, -0.25) is 4.90 Å². The van der Waals surface area contributed by atoms with Gasteiger partial charge in [-0.05, 0) is 40.7 Å². The van der Waals surface area contributed by atoms with E-state index in [4.69, 9.17) is 5.11 Å². The van der Waals surface area contributed by atoms with Crippen molar-refractivity contribution in [3.8, 4) is 11.8 Å². The zero-order chi connectivity index (χ0) is 11.8. The van der Waals surface area contributed by atoms with Crippen LogP contribution in [0.15, 0.2) is 0 Å². The fourth-order valence-corrected chi connectivity index (χ4v) is 1.60. The summed E-state index contributed by atoms with van der Waals surface area (Å²) < 4.78 is 0. The number of carboxylic acids is 1.